The van der Waals surface area contributed by atoms with Gasteiger partial charge in [0.2, 0.25) is 16.7 Å². The van der Waals surface area contributed by atoms with Gasteiger partial charge in [-0.15, -0.1) is 4.57 Å². The molecule has 0 amide bonds. The Balaban J connectivity index is 0.886. The fourth-order valence-electron chi connectivity index (χ4n) is 9.62. The van der Waals surface area contributed by atoms with E-state index in [1.54, 1.807) is 0 Å². The zero-order valence-corrected chi connectivity index (χ0v) is 38.7. The predicted molar refractivity (Wildman–Crippen MR) is 265 cm³/mol. The molecule has 1 atom stereocenters. The van der Waals surface area contributed by atoms with Crippen LogP contribution in [0.15, 0.2) is 125 Å². The van der Waals surface area contributed by atoms with Crippen molar-refractivity contribution in [2.24, 2.45) is 4.99 Å². The SMILES string of the molecule is CC1=CC2=Nc3cc(C)c(N(C)C)cc3N(c3ccccc3)C2C=C1N(C)CCCCCCCCN(C)c1cc2c(cc1C)nc1cc(C)c(N(C)C)cc1[n+]2-c1ccccc1. The van der Waals surface area contributed by atoms with Gasteiger partial charge in [0.15, 0.2) is 0 Å². The van der Waals surface area contributed by atoms with Gasteiger partial charge >= 0.3 is 0 Å². The van der Waals surface area contributed by atoms with E-state index in [4.69, 9.17) is 9.98 Å². The van der Waals surface area contributed by atoms with Crippen LogP contribution in [0.5, 0.6) is 0 Å². The Labute approximate surface area is 370 Å². The van der Waals surface area contributed by atoms with Gasteiger partial charge in [-0.3, -0.25) is 0 Å². The molecule has 0 fully saturated rings. The second-order valence-corrected chi connectivity index (χ2v) is 18.0. The normalized spacial score (nSPS) is 14.6. The number of para-hydroxylation sites is 2. The fourth-order valence-corrected chi connectivity index (χ4v) is 9.62. The van der Waals surface area contributed by atoms with Crippen LogP contribution in [0.1, 0.15) is 62.1 Å². The van der Waals surface area contributed by atoms with Crippen LogP contribution < -0.4 is 24.2 Å². The summed E-state index contributed by atoms with van der Waals surface area (Å²) in [6.07, 6.45) is 12.1. The van der Waals surface area contributed by atoms with Crippen LogP contribution in [0.2, 0.25) is 0 Å². The Bertz CT molecular complexity index is 2680. The largest absolute Gasteiger partial charge is 0.377 e. The summed E-state index contributed by atoms with van der Waals surface area (Å²) in [6, 6.07) is 35.2. The van der Waals surface area contributed by atoms with Crippen molar-refractivity contribution in [2.45, 2.75) is 72.3 Å². The predicted octanol–water partition coefficient (Wildman–Crippen LogP) is 11.6. The number of hydrogen-bond acceptors (Lipinski definition) is 7. The molecule has 5 aromatic carbocycles. The van der Waals surface area contributed by atoms with Gasteiger partial charge in [-0.25, -0.2) is 9.98 Å². The maximum absolute atomic E-state index is 5.25. The maximum Gasteiger partial charge on any atom is 0.239 e. The molecule has 0 saturated heterocycles. The summed E-state index contributed by atoms with van der Waals surface area (Å²) in [5, 5.41) is 0. The number of nitrogens with zero attached hydrogens (tertiary/aromatic N) is 8. The van der Waals surface area contributed by atoms with E-state index < -0.39 is 0 Å². The highest BCUT2D eigenvalue weighted by Crippen LogP contribution is 2.45. The number of hydrogen-bond donors (Lipinski definition) is 0. The van der Waals surface area contributed by atoms with Crippen molar-refractivity contribution in [1.29, 1.82) is 0 Å². The molecule has 0 N–H and O–H groups in total. The summed E-state index contributed by atoms with van der Waals surface area (Å²) in [7, 11) is 13.0. The molecular formula is C54H65N8+. The Hall–Kier alpha value is -6.15. The standard InChI is InChI=1S/C54H65N8/c1-37-29-43-51(33-47(37)57(5)6)61(41-23-17-15-18-24-41)53-35-49(39(3)31-45(53)55-43)59(9)27-21-13-11-12-14-22-28-60(10)50-36-54-46(32-40(50)4)56-44-30-38(2)48(58(7)8)34-52(44)62(54)42-25-19-16-20-26-42/h15-20,23-26,29-36,53H,11-14,21-22,27-28H2,1-10H3/q+1. The molecular weight excluding hydrogens is 761 g/mol. The third kappa shape index (κ3) is 8.52. The van der Waals surface area contributed by atoms with Gasteiger partial charge < -0.3 is 24.5 Å². The van der Waals surface area contributed by atoms with Gasteiger partial charge in [-0.05, 0) is 111 Å². The number of rotatable bonds is 15. The van der Waals surface area contributed by atoms with Gasteiger partial charge in [-0.2, -0.15) is 0 Å². The quantitative estimate of drug-likeness (QED) is 0.0584. The molecule has 0 spiro atoms. The number of anilines is 5. The second-order valence-electron chi connectivity index (χ2n) is 18.0. The van der Waals surface area contributed by atoms with Crippen molar-refractivity contribution in [3.8, 4) is 5.69 Å². The minimum absolute atomic E-state index is 0.0298. The molecule has 2 aliphatic rings. The van der Waals surface area contributed by atoms with Crippen LogP contribution in [0.4, 0.5) is 34.1 Å². The number of allylic oxidation sites excluding steroid dienone is 1. The summed E-state index contributed by atoms with van der Waals surface area (Å²) in [6.45, 7) is 10.9. The molecule has 0 bridgehead atoms. The van der Waals surface area contributed by atoms with Crippen molar-refractivity contribution in [1.82, 2.24) is 9.88 Å². The van der Waals surface area contributed by atoms with E-state index in [1.165, 1.54) is 89.2 Å². The molecule has 6 aromatic rings. The number of unbranched alkanes of at least 4 members (excludes halogenated alkanes) is 5. The monoisotopic (exact) mass is 826 g/mol. The van der Waals surface area contributed by atoms with E-state index in [1.807, 2.05) is 0 Å². The zero-order chi connectivity index (χ0) is 43.7. The highest BCUT2D eigenvalue weighted by molar-refractivity contribution is 6.11. The van der Waals surface area contributed by atoms with Gasteiger partial charge in [0.1, 0.15) is 11.0 Å². The molecule has 8 heteroatoms. The van der Waals surface area contributed by atoms with Crippen LogP contribution in [0.3, 0.4) is 0 Å². The van der Waals surface area contributed by atoms with E-state index in [2.05, 4.69) is 208 Å². The number of aryl methyl sites for hydroxylation is 3. The van der Waals surface area contributed by atoms with E-state index in [0.29, 0.717) is 0 Å². The third-order valence-corrected chi connectivity index (χ3v) is 12.8. The number of aliphatic imine (C=N–C) groups is 1. The van der Waals surface area contributed by atoms with Crippen molar-refractivity contribution in [3.05, 3.63) is 137 Å². The lowest BCUT2D eigenvalue weighted by Crippen LogP contribution is -2.41. The zero-order valence-electron chi connectivity index (χ0n) is 38.7. The van der Waals surface area contributed by atoms with Crippen molar-refractivity contribution in [2.75, 3.05) is 75.0 Å². The summed E-state index contributed by atoms with van der Waals surface area (Å²) < 4.78 is 2.39. The first-order valence-electron chi connectivity index (χ1n) is 22.5. The molecule has 0 saturated carbocycles. The lowest BCUT2D eigenvalue weighted by molar-refractivity contribution is -0.538. The Morgan fingerprint density at radius 1 is 0.581 bits per heavy atom. The summed E-state index contributed by atoms with van der Waals surface area (Å²) >= 11 is 0. The molecule has 1 aliphatic heterocycles. The molecule has 8 rings (SSSR count). The summed E-state index contributed by atoms with van der Waals surface area (Å²) in [5.74, 6) is 0. The minimum Gasteiger partial charge on any atom is -0.377 e. The molecule has 1 aromatic heterocycles. The van der Waals surface area contributed by atoms with Crippen molar-refractivity contribution < 1.29 is 4.57 Å². The van der Waals surface area contributed by atoms with Gasteiger partial charge in [-0.1, -0.05) is 62.1 Å². The molecule has 1 aliphatic carbocycles. The van der Waals surface area contributed by atoms with Crippen molar-refractivity contribution in [3.63, 3.8) is 0 Å². The second kappa shape index (κ2) is 18.1. The molecule has 8 nitrogen and oxygen atoms in total. The van der Waals surface area contributed by atoms with Crippen molar-refractivity contribution >= 4 is 61.9 Å². The summed E-state index contributed by atoms with van der Waals surface area (Å²) in [4.78, 5) is 22.2. The highest BCUT2D eigenvalue weighted by atomic mass is 15.2. The van der Waals surface area contributed by atoms with Crippen LogP contribution in [-0.2, 0) is 0 Å². The summed E-state index contributed by atoms with van der Waals surface area (Å²) in [5.41, 5.74) is 19.9. The van der Waals surface area contributed by atoms with Gasteiger partial charge in [0, 0.05) is 108 Å². The maximum atomic E-state index is 5.25. The van der Waals surface area contributed by atoms with E-state index in [-0.39, 0.29) is 6.04 Å². The molecule has 320 valence electrons. The topological polar surface area (TPSA) is 45.3 Å². The van der Waals surface area contributed by atoms with Crippen LogP contribution in [0.25, 0.3) is 27.8 Å². The van der Waals surface area contributed by atoms with Gasteiger partial charge in [0.25, 0.3) is 0 Å². The fraction of sp³-hybridized carbons (Fsp3) is 0.352. The van der Waals surface area contributed by atoms with Gasteiger partial charge in [0.05, 0.1) is 23.1 Å². The molecule has 62 heavy (non-hydrogen) atoms. The molecule has 2 heterocycles. The number of likely N-dealkylation sites (N-methyl/N-ethyl adjacent to an activating group) is 1. The Morgan fingerprint density at radius 3 is 1.74 bits per heavy atom. The lowest BCUT2D eigenvalue weighted by atomic mass is 9.93. The molecule has 1 unspecified atom stereocenters. The number of aromatic nitrogens is 2. The number of benzene rings is 5. The first kappa shape index (κ1) is 42.5. The third-order valence-electron chi connectivity index (χ3n) is 12.8. The highest BCUT2D eigenvalue weighted by Gasteiger charge is 2.33. The van der Waals surface area contributed by atoms with E-state index >= 15 is 0 Å². The Morgan fingerprint density at radius 2 is 1.11 bits per heavy atom. The van der Waals surface area contributed by atoms with Crippen LogP contribution >= 0.6 is 0 Å². The average Bonchev–Trinajstić information content (AvgIpc) is 3.25. The van der Waals surface area contributed by atoms with Crippen LogP contribution in [-0.4, -0.2) is 77.0 Å². The molecule has 0 radical (unpaired) electrons. The lowest BCUT2D eigenvalue weighted by Gasteiger charge is -2.40. The average molecular weight is 826 g/mol. The first-order chi connectivity index (χ1) is 29.9. The minimum atomic E-state index is 0.0298. The first-order valence-corrected chi connectivity index (χ1v) is 22.5. The van der Waals surface area contributed by atoms with E-state index in [0.717, 1.165) is 57.9 Å². The van der Waals surface area contributed by atoms with Crippen LogP contribution in [0, 0.1) is 20.8 Å². The number of fused-ring (bicyclic) bond motifs is 4. The smallest absolute Gasteiger partial charge is 0.239 e. The Kier molecular flexibility index (Phi) is 12.4. The van der Waals surface area contributed by atoms with E-state index in [9.17, 15) is 0 Å².